The SMILES string of the molecule is c1ccc(-c2ccc(-c3nc(-c4ccccc4)nc(-c4ccc(-c5ncc6oc7ncc(-c8ccc9cc%10ccccc%10cc9c8)cc7c6n5)cc4)n3)cc2)cc1. The van der Waals surface area contributed by atoms with Crippen LogP contribution in [0.5, 0.6) is 0 Å². The van der Waals surface area contributed by atoms with Gasteiger partial charge in [-0.25, -0.2) is 29.9 Å². The summed E-state index contributed by atoms with van der Waals surface area (Å²) in [6.07, 6.45) is 3.58. The van der Waals surface area contributed by atoms with Gasteiger partial charge in [-0.15, -0.1) is 0 Å². The molecule has 0 unspecified atom stereocenters. The zero-order valence-electron chi connectivity index (χ0n) is 30.4. The van der Waals surface area contributed by atoms with Gasteiger partial charge in [0.15, 0.2) is 28.9 Å². The van der Waals surface area contributed by atoms with Crippen LogP contribution in [-0.2, 0) is 0 Å². The van der Waals surface area contributed by atoms with E-state index in [1.165, 1.54) is 21.5 Å². The van der Waals surface area contributed by atoms with Gasteiger partial charge in [-0.1, -0.05) is 146 Å². The summed E-state index contributed by atoms with van der Waals surface area (Å²) in [5.74, 6) is 2.38. The molecule has 0 saturated carbocycles. The summed E-state index contributed by atoms with van der Waals surface area (Å²) in [4.78, 5) is 29.2. The molecule has 0 atom stereocenters. The molecule has 4 aromatic heterocycles. The molecule has 7 heteroatoms. The third-order valence-electron chi connectivity index (χ3n) is 10.4. The Bertz CT molecular complexity index is 3270. The highest BCUT2D eigenvalue weighted by Crippen LogP contribution is 2.34. The highest BCUT2D eigenvalue weighted by atomic mass is 16.3. The Morgan fingerprint density at radius 3 is 1.46 bits per heavy atom. The van der Waals surface area contributed by atoms with Crippen LogP contribution in [0.2, 0.25) is 0 Å². The lowest BCUT2D eigenvalue weighted by molar-refractivity contribution is 0.651. The van der Waals surface area contributed by atoms with Gasteiger partial charge in [0.25, 0.3) is 0 Å². The Kier molecular flexibility index (Phi) is 7.67. The third-order valence-corrected chi connectivity index (χ3v) is 10.4. The number of hydrogen-bond acceptors (Lipinski definition) is 7. The lowest BCUT2D eigenvalue weighted by Crippen LogP contribution is -2.00. The molecule has 11 rings (SSSR count). The maximum Gasteiger partial charge on any atom is 0.229 e. The average molecular weight is 731 g/mol. The van der Waals surface area contributed by atoms with Crippen molar-refractivity contribution in [3.63, 3.8) is 0 Å². The summed E-state index contributed by atoms with van der Waals surface area (Å²) in [5.41, 5.74) is 9.72. The van der Waals surface area contributed by atoms with E-state index in [0.29, 0.717) is 40.1 Å². The van der Waals surface area contributed by atoms with Gasteiger partial charge in [-0.3, -0.25) is 0 Å². The van der Waals surface area contributed by atoms with E-state index in [0.717, 1.165) is 49.9 Å². The van der Waals surface area contributed by atoms with Gasteiger partial charge in [0.05, 0.1) is 11.6 Å². The minimum absolute atomic E-state index is 0.525. The van der Waals surface area contributed by atoms with Crippen LogP contribution in [0.15, 0.2) is 187 Å². The molecule has 57 heavy (non-hydrogen) atoms. The zero-order chi connectivity index (χ0) is 37.7. The molecule has 0 amide bonds. The van der Waals surface area contributed by atoms with E-state index in [1.54, 1.807) is 6.20 Å². The van der Waals surface area contributed by atoms with E-state index in [4.69, 9.17) is 29.3 Å². The van der Waals surface area contributed by atoms with Gasteiger partial charge in [-0.05, 0) is 62.5 Å². The first kappa shape index (κ1) is 32.5. The summed E-state index contributed by atoms with van der Waals surface area (Å²) >= 11 is 0. The van der Waals surface area contributed by atoms with Crippen LogP contribution in [0, 0.1) is 0 Å². The summed E-state index contributed by atoms with van der Waals surface area (Å²) in [6.45, 7) is 0. The van der Waals surface area contributed by atoms with Gasteiger partial charge >= 0.3 is 0 Å². The number of hydrogen-bond donors (Lipinski definition) is 0. The van der Waals surface area contributed by atoms with Crippen molar-refractivity contribution in [1.82, 2.24) is 29.9 Å². The van der Waals surface area contributed by atoms with Crippen LogP contribution < -0.4 is 0 Å². The van der Waals surface area contributed by atoms with Gasteiger partial charge in [0, 0.05) is 34.0 Å². The third kappa shape index (κ3) is 6.04. The molecule has 11 aromatic rings. The van der Waals surface area contributed by atoms with Gasteiger partial charge in [0.1, 0.15) is 5.52 Å². The van der Waals surface area contributed by atoms with Crippen molar-refractivity contribution in [2.24, 2.45) is 0 Å². The molecular weight excluding hydrogens is 701 g/mol. The van der Waals surface area contributed by atoms with Crippen molar-refractivity contribution in [2.75, 3.05) is 0 Å². The van der Waals surface area contributed by atoms with E-state index >= 15 is 0 Å². The first-order valence-corrected chi connectivity index (χ1v) is 18.7. The topological polar surface area (TPSA) is 90.5 Å². The van der Waals surface area contributed by atoms with E-state index in [2.05, 4.69) is 102 Å². The number of nitrogens with zero attached hydrogens (tertiary/aromatic N) is 6. The van der Waals surface area contributed by atoms with E-state index in [9.17, 15) is 0 Å². The molecule has 0 aliphatic carbocycles. The summed E-state index contributed by atoms with van der Waals surface area (Å²) in [5, 5.41) is 5.66. The number of rotatable bonds is 6. The van der Waals surface area contributed by atoms with Crippen LogP contribution in [0.25, 0.3) is 112 Å². The fraction of sp³-hybridized carbons (Fsp3) is 0. The fourth-order valence-corrected chi connectivity index (χ4v) is 7.42. The number of furan rings is 1. The molecular formula is C50H30N6O. The molecule has 0 saturated heterocycles. The Hall–Kier alpha value is -7.90. The van der Waals surface area contributed by atoms with Crippen molar-refractivity contribution < 1.29 is 4.42 Å². The molecule has 0 bridgehead atoms. The quantitative estimate of drug-likeness (QED) is 0.157. The molecule has 0 radical (unpaired) electrons. The molecule has 7 aromatic carbocycles. The fourth-order valence-electron chi connectivity index (χ4n) is 7.42. The molecule has 7 nitrogen and oxygen atoms in total. The maximum absolute atomic E-state index is 6.10. The largest absolute Gasteiger partial charge is 0.434 e. The molecule has 0 aliphatic rings. The lowest BCUT2D eigenvalue weighted by Gasteiger charge is -2.09. The van der Waals surface area contributed by atoms with Crippen LogP contribution in [-0.4, -0.2) is 29.9 Å². The van der Waals surface area contributed by atoms with Crippen LogP contribution in [0.4, 0.5) is 0 Å². The van der Waals surface area contributed by atoms with Crippen LogP contribution in [0.3, 0.4) is 0 Å². The number of aromatic nitrogens is 6. The van der Waals surface area contributed by atoms with E-state index in [1.807, 2.05) is 79.0 Å². The molecule has 4 heterocycles. The van der Waals surface area contributed by atoms with Crippen molar-refractivity contribution in [3.05, 3.63) is 182 Å². The lowest BCUT2D eigenvalue weighted by atomic mass is 9.99. The Morgan fingerprint density at radius 2 is 0.807 bits per heavy atom. The molecule has 266 valence electrons. The smallest absolute Gasteiger partial charge is 0.229 e. The molecule has 0 N–H and O–H groups in total. The number of pyridine rings is 1. The minimum Gasteiger partial charge on any atom is -0.434 e. The highest BCUT2D eigenvalue weighted by molar-refractivity contribution is 6.04. The normalized spacial score (nSPS) is 11.5. The highest BCUT2D eigenvalue weighted by Gasteiger charge is 2.16. The Balaban J connectivity index is 0.933. The van der Waals surface area contributed by atoms with Crippen LogP contribution >= 0.6 is 0 Å². The Morgan fingerprint density at radius 1 is 0.316 bits per heavy atom. The van der Waals surface area contributed by atoms with Crippen LogP contribution in [0.1, 0.15) is 0 Å². The first-order valence-electron chi connectivity index (χ1n) is 18.7. The van der Waals surface area contributed by atoms with Gasteiger partial charge in [-0.2, -0.15) is 0 Å². The first-order chi connectivity index (χ1) is 28.2. The molecule has 0 spiro atoms. The van der Waals surface area contributed by atoms with Crippen molar-refractivity contribution in [3.8, 4) is 67.8 Å². The summed E-state index contributed by atoms with van der Waals surface area (Å²) < 4.78 is 6.10. The second-order valence-corrected chi connectivity index (χ2v) is 14.0. The van der Waals surface area contributed by atoms with E-state index in [-0.39, 0.29) is 0 Å². The maximum atomic E-state index is 6.10. The van der Waals surface area contributed by atoms with Crippen molar-refractivity contribution in [1.29, 1.82) is 0 Å². The van der Waals surface area contributed by atoms with Crippen molar-refractivity contribution >= 4 is 43.7 Å². The predicted octanol–water partition coefficient (Wildman–Crippen LogP) is 12.3. The summed E-state index contributed by atoms with van der Waals surface area (Å²) in [6, 6.07) is 58.2. The average Bonchev–Trinajstić information content (AvgIpc) is 3.66. The van der Waals surface area contributed by atoms with E-state index < -0.39 is 0 Å². The monoisotopic (exact) mass is 730 g/mol. The number of benzene rings is 7. The second-order valence-electron chi connectivity index (χ2n) is 14.0. The Labute approximate surface area is 327 Å². The van der Waals surface area contributed by atoms with Gasteiger partial charge in [0.2, 0.25) is 5.71 Å². The van der Waals surface area contributed by atoms with Crippen molar-refractivity contribution in [2.45, 2.75) is 0 Å². The zero-order valence-corrected chi connectivity index (χ0v) is 30.4. The molecule has 0 fully saturated rings. The summed E-state index contributed by atoms with van der Waals surface area (Å²) in [7, 11) is 0. The minimum atomic E-state index is 0.525. The standard InChI is InChI=1S/C50H30N6O/c1-3-9-31(10-4-1)32-15-17-35(18-16-32)48-54-47(33-11-5-2-6-12-33)55-49(56-48)36-21-19-34(20-22-36)46-51-30-44-45(53-46)43-28-42(29-52-50(43)57-44)40-24-23-39-25-37-13-7-8-14-38(37)26-41(39)27-40/h1-30H. The second kappa shape index (κ2) is 13.4. The molecule has 0 aliphatic heterocycles. The van der Waals surface area contributed by atoms with Gasteiger partial charge < -0.3 is 4.42 Å². The predicted molar refractivity (Wildman–Crippen MR) is 228 cm³/mol. The number of fused-ring (bicyclic) bond motifs is 5.